The van der Waals surface area contributed by atoms with Crippen LogP contribution < -0.4 is 0 Å². The van der Waals surface area contributed by atoms with Gasteiger partial charge in [0.05, 0.1) is 5.41 Å². The zero-order chi connectivity index (χ0) is 23.3. The van der Waals surface area contributed by atoms with Crippen molar-refractivity contribution in [3.05, 3.63) is 106 Å². The molecule has 3 aromatic rings. The van der Waals surface area contributed by atoms with Crippen LogP contribution in [0.15, 0.2) is 66.7 Å². The quantitative estimate of drug-likeness (QED) is 0.270. The predicted octanol–water partition coefficient (Wildman–Crippen LogP) is 6.38. The first-order chi connectivity index (χ1) is 15.2. The Bertz CT molecular complexity index is 1170. The number of halogens is 3. The third-order valence-corrected chi connectivity index (χ3v) is 4.79. The maximum atomic E-state index is 14.3. The third-order valence-electron chi connectivity index (χ3n) is 4.79. The van der Waals surface area contributed by atoms with E-state index in [4.69, 9.17) is 4.74 Å². The summed E-state index contributed by atoms with van der Waals surface area (Å²) in [5, 5.41) is 0. The predicted molar refractivity (Wildman–Crippen MR) is 117 cm³/mol. The number of hydrogen-bond acceptors (Lipinski definition) is 2. The standard InChI is InChI=1S/C27H23F3O2/c1-27(2,3)26(31)32-23(16-13-18-9-5-4-6-10-18)21-12-8-7-11-19(21)17-20-14-15-22(28)25(30)24(20)29/h4-12,14-15,23H,17H2,1-3H3. The van der Waals surface area contributed by atoms with Gasteiger partial charge in [-0.1, -0.05) is 54.5 Å². The van der Waals surface area contributed by atoms with Crippen molar-refractivity contribution in [1.29, 1.82) is 0 Å². The summed E-state index contributed by atoms with van der Waals surface area (Å²) in [6.07, 6.45) is -0.943. The molecule has 0 N–H and O–H groups in total. The molecule has 2 nitrogen and oxygen atoms in total. The van der Waals surface area contributed by atoms with E-state index in [0.29, 0.717) is 11.1 Å². The van der Waals surface area contributed by atoms with Crippen molar-refractivity contribution in [3.63, 3.8) is 0 Å². The van der Waals surface area contributed by atoms with Gasteiger partial charge in [-0.25, -0.2) is 13.2 Å². The number of rotatable bonds is 4. The van der Waals surface area contributed by atoms with Crippen LogP contribution in [0.3, 0.4) is 0 Å². The van der Waals surface area contributed by atoms with Gasteiger partial charge in [-0.05, 0) is 56.0 Å². The summed E-state index contributed by atoms with van der Waals surface area (Å²) in [7, 11) is 0. The smallest absolute Gasteiger partial charge is 0.312 e. The van der Waals surface area contributed by atoms with Crippen LogP contribution in [0.2, 0.25) is 0 Å². The molecule has 0 amide bonds. The molecule has 0 radical (unpaired) electrons. The van der Waals surface area contributed by atoms with Gasteiger partial charge in [0.1, 0.15) is 0 Å². The van der Waals surface area contributed by atoms with E-state index in [1.165, 1.54) is 6.07 Å². The maximum Gasteiger partial charge on any atom is 0.312 e. The average molecular weight is 436 g/mol. The van der Waals surface area contributed by atoms with Crippen molar-refractivity contribution in [2.45, 2.75) is 33.3 Å². The first-order valence-corrected chi connectivity index (χ1v) is 10.1. The van der Waals surface area contributed by atoms with Gasteiger partial charge in [-0.15, -0.1) is 0 Å². The zero-order valence-corrected chi connectivity index (χ0v) is 18.1. The SMILES string of the molecule is CC(C)(C)C(=O)OC(C#Cc1ccccc1)c1ccccc1Cc1ccc(F)c(F)c1F. The van der Waals surface area contributed by atoms with Gasteiger partial charge in [0.25, 0.3) is 0 Å². The highest BCUT2D eigenvalue weighted by molar-refractivity contribution is 5.76. The number of benzene rings is 3. The van der Waals surface area contributed by atoms with Gasteiger partial charge in [0.2, 0.25) is 0 Å². The first kappa shape index (κ1) is 23.1. The van der Waals surface area contributed by atoms with Crippen LogP contribution in [0, 0.1) is 34.7 Å². The van der Waals surface area contributed by atoms with Gasteiger partial charge in [-0.2, -0.15) is 0 Å². The Labute approximate surface area is 186 Å². The van der Waals surface area contributed by atoms with Crippen LogP contribution in [-0.4, -0.2) is 5.97 Å². The highest BCUT2D eigenvalue weighted by Gasteiger charge is 2.27. The molecule has 3 rings (SSSR count). The molecule has 0 aliphatic rings. The molecule has 32 heavy (non-hydrogen) atoms. The minimum Gasteiger partial charge on any atom is -0.444 e. The molecule has 0 saturated carbocycles. The Morgan fingerprint density at radius 1 is 0.875 bits per heavy atom. The van der Waals surface area contributed by atoms with Crippen LogP contribution in [0.1, 0.15) is 49.1 Å². The molecule has 164 valence electrons. The molecule has 0 heterocycles. The monoisotopic (exact) mass is 436 g/mol. The van der Waals surface area contributed by atoms with Crippen molar-refractivity contribution in [2.75, 3.05) is 0 Å². The Morgan fingerprint density at radius 3 is 2.22 bits per heavy atom. The van der Waals surface area contributed by atoms with Gasteiger partial charge >= 0.3 is 5.97 Å². The molecular formula is C27H23F3O2. The Balaban J connectivity index is 2.02. The van der Waals surface area contributed by atoms with Crippen molar-refractivity contribution >= 4 is 5.97 Å². The molecule has 0 saturated heterocycles. The molecule has 0 spiro atoms. The van der Waals surface area contributed by atoms with E-state index in [2.05, 4.69) is 11.8 Å². The van der Waals surface area contributed by atoms with E-state index >= 15 is 0 Å². The maximum absolute atomic E-state index is 14.3. The minimum absolute atomic E-state index is 0.00623. The van der Waals surface area contributed by atoms with Crippen molar-refractivity contribution in [2.24, 2.45) is 5.41 Å². The van der Waals surface area contributed by atoms with Crippen LogP contribution in [-0.2, 0) is 16.0 Å². The van der Waals surface area contributed by atoms with E-state index in [0.717, 1.165) is 11.6 Å². The van der Waals surface area contributed by atoms with Crippen LogP contribution >= 0.6 is 0 Å². The van der Waals surface area contributed by atoms with Gasteiger partial charge in [-0.3, -0.25) is 4.79 Å². The van der Waals surface area contributed by atoms with Gasteiger partial charge < -0.3 is 4.74 Å². The van der Waals surface area contributed by atoms with E-state index < -0.39 is 34.9 Å². The topological polar surface area (TPSA) is 26.3 Å². The Kier molecular flexibility index (Phi) is 7.05. The second kappa shape index (κ2) is 9.74. The lowest BCUT2D eigenvalue weighted by atomic mass is 9.94. The highest BCUT2D eigenvalue weighted by Crippen LogP contribution is 2.28. The summed E-state index contributed by atoms with van der Waals surface area (Å²) in [6.45, 7) is 5.21. The second-order valence-corrected chi connectivity index (χ2v) is 8.38. The van der Waals surface area contributed by atoms with Crippen LogP contribution in [0.5, 0.6) is 0 Å². The van der Waals surface area contributed by atoms with Crippen LogP contribution in [0.4, 0.5) is 13.2 Å². The van der Waals surface area contributed by atoms with E-state index in [9.17, 15) is 18.0 Å². The van der Waals surface area contributed by atoms with Crippen molar-refractivity contribution < 1.29 is 22.7 Å². The fraction of sp³-hybridized carbons (Fsp3) is 0.222. The largest absolute Gasteiger partial charge is 0.444 e. The first-order valence-electron chi connectivity index (χ1n) is 10.1. The molecule has 0 aliphatic carbocycles. The van der Waals surface area contributed by atoms with Crippen molar-refractivity contribution in [3.8, 4) is 11.8 Å². The lowest BCUT2D eigenvalue weighted by molar-refractivity contribution is -0.156. The van der Waals surface area contributed by atoms with E-state index in [1.54, 1.807) is 45.0 Å². The Morgan fingerprint density at radius 2 is 1.53 bits per heavy atom. The number of carbonyl (C=O) groups is 1. The lowest BCUT2D eigenvalue weighted by Crippen LogP contribution is -2.25. The molecule has 1 unspecified atom stereocenters. The summed E-state index contributed by atoms with van der Waals surface area (Å²) in [6, 6.07) is 18.3. The molecular weight excluding hydrogens is 413 g/mol. The number of esters is 1. The molecule has 3 aromatic carbocycles. The summed E-state index contributed by atoms with van der Waals surface area (Å²) >= 11 is 0. The minimum atomic E-state index is -1.51. The van der Waals surface area contributed by atoms with Crippen molar-refractivity contribution in [1.82, 2.24) is 0 Å². The lowest BCUT2D eigenvalue weighted by Gasteiger charge is -2.22. The zero-order valence-electron chi connectivity index (χ0n) is 18.1. The van der Waals surface area contributed by atoms with E-state index in [-0.39, 0.29) is 12.0 Å². The number of carbonyl (C=O) groups excluding carboxylic acids is 1. The van der Waals surface area contributed by atoms with Gasteiger partial charge in [0, 0.05) is 17.5 Å². The fourth-order valence-corrected chi connectivity index (χ4v) is 2.98. The van der Waals surface area contributed by atoms with Gasteiger partial charge in [0.15, 0.2) is 23.6 Å². The summed E-state index contributed by atoms with van der Waals surface area (Å²) in [4.78, 5) is 12.6. The molecule has 0 aliphatic heterocycles. The summed E-state index contributed by atoms with van der Waals surface area (Å²) in [5.74, 6) is 1.56. The molecule has 5 heteroatoms. The second-order valence-electron chi connectivity index (χ2n) is 8.38. The average Bonchev–Trinajstić information content (AvgIpc) is 2.77. The number of ether oxygens (including phenoxy) is 1. The molecule has 0 bridgehead atoms. The summed E-state index contributed by atoms with van der Waals surface area (Å²) in [5.41, 5.74) is 1.12. The normalized spacial score (nSPS) is 11.9. The molecule has 0 fully saturated rings. The third kappa shape index (κ3) is 5.59. The fourth-order valence-electron chi connectivity index (χ4n) is 2.98. The Hall–Kier alpha value is -3.52. The summed E-state index contributed by atoms with van der Waals surface area (Å²) < 4.78 is 47.1. The number of hydrogen-bond donors (Lipinski definition) is 0. The van der Waals surface area contributed by atoms with Crippen LogP contribution in [0.25, 0.3) is 0 Å². The molecule has 0 aromatic heterocycles. The molecule has 1 atom stereocenters. The van der Waals surface area contributed by atoms with E-state index in [1.807, 2.05) is 30.3 Å². The highest BCUT2D eigenvalue weighted by atomic mass is 19.2.